The fourth-order valence-electron chi connectivity index (χ4n) is 2.56. The molecule has 0 saturated heterocycles. The molecule has 0 fully saturated rings. The standard InChI is InChI=1S/C18H26N2O/c1-3-5-11-20(12-6-4-2)18-13-15(14-21)16-9-7-8-10-17(16)19-18/h7-10,13,21H,3-6,11-12,14H2,1-2H3. The van der Waals surface area contributed by atoms with E-state index >= 15 is 0 Å². The van der Waals surface area contributed by atoms with Gasteiger partial charge in [-0.05, 0) is 30.5 Å². The van der Waals surface area contributed by atoms with Gasteiger partial charge in [0.2, 0.25) is 0 Å². The highest BCUT2D eigenvalue weighted by Crippen LogP contribution is 2.23. The van der Waals surface area contributed by atoms with Gasteiger partial charge >= 0.3 is 0 Å². The summed E-state index contributed by atoms with van der Waals surface area (Å²) in [4.78, 5) is 7.16. The largest absolute Gasteiger partial charge is 0.392 e. The number of benzene rings is 1. The number of aliphatic hydroxyl groups is 1. The minimum absolute atomic E-state index is 0.0609. The maximum absolute atomic E-state index is 9.65. The van der Waals surface area contributed by atoms with Gasteiger partial charge in [0.1, 0.15) is 5.82 Å². The number of hydrogen-bond acceptors (Lipinski definition) is 3. The van der Waals surface area contributed by atoms with Gasteiger partial charge in [0.15, 0.2) is 0 Å². The van der Waals surface area contributed by atoms with Crippen molar-refractivity contribution in [2.75, 3.05) is 18.0 Å². The lowest BCUT2D eigenvalue weighted by molar-refractivity contribution is 0.283. The van der Waals surface area contributed by atoms with Gasteiger partial charge < -0.3 is 10.0 Å². The highest BCUT2D eigenvalue weighted by Gasteiger charge is 2.11. The zero-order valence-electron chi connectivity index (χ0n) is 13.2. The summed E-state index contributed by atoms with van der Waals surface area (Å²) in [5.74, 6) is 1.000. The van der Waals surface area contributed by atoms with Crippen molar-refractivity contribution < 1.29 is 5.11 Å². The van der Waals surface area contributed by atoms with Crippen LogP contribution in [0.4, 0.5) is 5.82 Å². The molecule has 0 spiro atoms. The molecule has 114 valence electrons. The van der Waals surface area contributed by atoms with Crippen LogP contribution in [0.25, 0.3) is 10.9 Å². The number of aliphatic hydroxyl groups excluding tert-OH is 1. The highest BCUT2D eigenvalue weighted by atomic mass is 16.3. The molecule has 2 rings (SSSR count). The summed E-state index contributed by atoms with van der Waals surface area (Å²) in [7, 11) is 0. The molecule has 1 aromatic heterocycles. The van der Waals surface area contributed by atoms with Crippen molar-refractivity contribution in [2.45, 2.75) is 46.1 Å². The van der Waals surface area contributed by atoms with Crippen molar-refractivity contribution in [1.82, 2.24) is 4.98 Å². The lowest BCUT2D eigenvalue weighted by atomic mass is 10.1. The van der Waals surface area contributed by atoms with E-state index in [0.29, 0.717) is 0 Å². The summed E-state index contributed by atoms with van der Waals surface area (Å²) in [5.41, 5.74) is 1.94. The minimum Gasteiger partial charge on any atom is -0.392 e. The monoisotopic (exact) mass is 286 g/mol. The Labute approximate surface area is 127 Å². The van der Waals surface area contributed by atoms with Crippen LogP contribution in [0.3, 0.4) is 0 Å². The van der Waals surface area contributed by atoms with E-state index in [9.17, 15) is 5.11 Å². The van der Waals surface area contributed by atoms with E-state index in [-0.39, 0.29) is 6.61 Å². The number of nitrogens with zero attached hydrogens (tertiary/aromatic N) is 2. The van der Waals surface area contributed by atoms with Crippen molar-refractivity contribution in [2.24, 2.45) is 0 Å². The number of aromatic nitrogens is 1. The summed E-state index contributed by atoms with van der Waals surface area (Å²) in [5, 5.41) is 10.7. The summed E-state index contributed by atoms with van der Waals surface area (Å²) < 4.78 is 0. The lowest BCUT2D eigenvalue weighted by Crippen LogP contribution is -2.26. The van der Waals surface area contributed by atoms with Crippen LogP contribution < -0.4 is 4.90 Å². The molecule has 1 N–H and O–H groups in total. The predicted molar refractivity (Wildman–Crippen MR) is 89.7 cm³/mol. The van der Waals surface area contributed by atoms with Crippen molar-refractivity contribution >= 4 is 16.7 Å². The molecular weight excluding hydrogens is 260 g/mol. The number of anilines is 1. The van der Waals surface area contributed by atoms with E-state index in [1.54, 1.807) is 0 Å². The number of unbranched alkanes of at least 4 members (excludes halogenated alkanes) is 2. The first-order valence-corrected chi connectivity index (χ1v) is 8.04. The molecule has 21 heavy (non-hydrogen) atoms. The van der Waals surface area contributed by atoms with Crippen LogP contribution in [-0.4, -0.2) is 23.2 Å². The Kier molecular flexibility index (Phi) is 6.00. The van der Waals surface area contributed by atoms with E-state index in [1.165, 1.54) is 25.7 Å². The van der Waals surface area contributed by atoms with Crippen LogP contribution in [0.2, 0.25) is 0 Å². The second-order valence-electron chi connectivity index (χ2n) is 5.51. The molecule has 3 nitrogen and oxygen atoms in total. The van der Waals surface area contributed by atoms with Crippen LogP contribution in [0.1, 0.15) is 45.1 Å². The Bertz CT molecular complexity index is 560. The van der Waals surface area contributed by atoms with Crippen LogP contribution in [0, 0.1) is 0 Å². The first-order valence-electron chi connectivity index (χ1n) is 8.04. The minimum atomic E-state index is 0.0609. The van der Waals surface area contributed by atoms with Crippen LogP contribution in [0.5, 0.6) is 0 Å². The molecule has 0 aliphatic carbocycles. The fourth-order valence-corrected chi connectivity index (χ4v) is 2.56. The zero-order chi connectivity index (χ0) is 15.1. The summed E-state index contributed by atoms with van der Waals surface area (Å²) in [6.07, 6.45) is 4.71. The fraction of sp³-hybridized carbons (Fsp3) is 0.500. The quantitative estimate of drug-likeness (QED) is 0.792. The van der Waals surface area contributed by atoms with E-state index in [0.717, 1.165) is 35.4 Å². The van der Waals surface area contributed by atoms with Crippen LogP contribution >= 0.6 is 0 Å². The first-order chi connectivity index (χ1) is 10.3. The molecule has 0 atom stereocenters. The van der Waals surface area contributed by atoms with Gasteiger partial charge in [-0.25, -0.2) is 4.98 Å². The van der Waals surface area contributed by atoms with E-state index < -0.39 is 0 Å². The second-order valence-corrected chi connectivity index (χ2v) is 5.51. The molecule has 0 aliphatic rings. The summed E-state index contributed by atoms with van der Waals surface area (Å²) in [6, 6.07) is 10.1. The van der Waals surface area contributed by atoms with E-state index in [4.69, 9.17) is 4.98 Å². The first kappa shape index (κ1) is 15.8. The molecule has 0 amide bonds. The van der Waals surface area contributed by atoms with Gasteiger partial charge in [-0.2, -0.15) is 0 Å². The predicted octanol–water partition coefficient (Wildman–Crippen LogP) is 4.13. The Morgan fingerprint density at radius 3 is 2.33 bits per heavy atom. The third kappa shape index (κ3) is 3.94. The molecule has 0 aliphatic heterocycles. The third-order valence-corrected chi connectivity index (χ3v) is 3.85. The molecule has 0 saturated carbocycles. The maximum Gasteiger partial charge on any atom is 0.129 e. The van der Waals surface area contributed by atoms with Crippen LogP contribution in [0.15, 0.2) is 30.3 Å². The topological polar surface area (TPSA) is 36.4 Å². The zero-order valence-corrected chi connectivity index (χ0v) is 13.2. The third-order valence-electron chi connectivity index (χ3n) is 3.85. The Morgan fingerprint density at radius 2 is 1.71 bits per heavy atom. The van der Waals surface area contributed by atoms with Crippen molar-refractivity contribution in [3.8, 4) is 0 Å². The second kappa shape index (κ2) is 7.99. The SMILES string of the molecule is CCCCN(CCCC)c1cc(CO)c2ccccc2n1. The number of fused-ring (bicyclic) bond motifs is 1. The maximum atomic E-state index is 9.65. The van der Waals surface area contributed by atoms with Gasteiger partial charge in [-0.15, -0.1) is 0 Å². The average molecular weight is 286 g/mol. The van der Waals surface area contributed by atoms with Gasteiger partial charge in [-0.1, -0.05) is 44.9 Å². The number of hydrogen-bond donors (Lipinski definition) is 1. The molecule has 1 aromatic carbocycles. The Balaban J connectivity index is 2.36. The number of rotatable bonds is 8. The molecule has 1 heterocycles. The lowest BCUT2D eigenvalue weighted by Gasteiger charge is -2.24. The van der Waals surface area contributed by atoms with Gasteiger partial charge in [0.05, 0.1) is 12.1 Å². The highest BCUT2D eigenvalue weighted by molar-refractivity contribution is 5.84. The molecule has 0 unspecified atom stereocenters. The van der Waals surface area contributed by atoms with Crippen molar-refractivity contribution in [3.63, 3.8) is 0 Å². The molecule has 0 radical (unpaired) electrons. The number of pyridine rings is 1. The molecular formula is C18H26N2O. The Morgan fingerprint density at radius 1 is 1.05 bits per heavy atom. The smallest absolute Gasteiger partial charge is 0.129 e. The van der Waals surface area contributed by atoms with E-state index in [2.05, 4.69) is 18.7 Å². The van der Waals surface area contributed by atoms with Crippen molar-refractivity contribution in [1.29, 1.82) is 0 Å². The average Bonchev–Trinajstić information content (AvgIpc) is 2.54. The Hall–Kier alpha value is -1.61. The molecule has 3 heteroatoms. The molecule has 0 bridgehead atoms. The van der Waals surface area contributed by atoms with Crippen LogP contribution in [-0.2, 0) is 6.61 Å². The van der Waals surface area contributed by atoms with Gasteiger partial charge in [-0.3, -0.25) is 0 Å². The van der Waals surface area contributed by atoms with Gasteiger partial charge in [0, 0.05) is 18.5 Å². The van der Waals surface area contributed by atoms with Crippen molar-refractivity contribution in [3.05, 3.63) is 35.9 Å². The summed E-state index contributed by atoms with van der Waals surface area (Å²) >= 11 is 0. The number of para-hydroxylation sites is 1. The van der Waals surface area contributed by atoms with E-state index in [1.807, 2.05) is 30.3 Å². The van der Waals surface area contributed by atoms with Gasteiger partial charge in [0.25, 0.3) is 0 Å². The summed E-state index contributed by atoms with van der Waals surface area (Å²) in [6.45, 7) is 6.56. The molecule has 2 aromatic rings. The normalized spacial score (nSPS) is 11.0.